The quantitative estimate of drug-likeness (QED) is 0.755. The SMILES string of the molecule is C#Cc1ccccc1-c1cccc(OC)c1Br. The van der Waals surface area contributed by atoms with Gasteiger partial charge in [-0.05, 0) is 33.6 Å². The standard InChI is InChI=1S/C15H11BrO/c1-3-11-7-4-5-8-12(11)13-9-6-10-14(17-2)15(13)16/h1,4-10H,2H3. The van der Waals surface area contributed by atoms with Crippen LogP contribution < -0.4 is 4.74 Å². The Hall–Kier alpha value is -1.72. The smallest absolute Gasteiger partial charge is 0.133 e. The van der Waals surface area contributed by atoms with Crippen LogP contribution in [0.1, 0.15) is 5.56 Å². The lowest BCUT2D eigenvalue weighted by molar-refractivity contribution is 0.412. The number of ether oxygens (including phenoxy) is 1. The van der Waals surface area contributed by atoms with Crippen LogP contribution in [0.5, 0.6) is 5.75 Å². The van der Waals surface area contributed by atoms with E-state index in [-0.39, 0.29) is 0 Å². The zero-order chi connectivity index (χ0) is 12.3. The molecular formula is C15H11BrO. The highest BCUT2D eigenvalue weighted by molar-refractivity contribution is 9.10. The Morgan fingerprint density at radius 2 is 1.76 bits per heavy atom. The van der Waals surface area contributed by atoms with Gasteiger partial charge in [0.05, 0.1) is 11.6 Å². The highest BCUT2D eigenvalue weighted by Crippen LogP contribution is 2.36. The van der Waals surface area contributed by atoms with E-state index in [1.807, 2.05) is 42.5 Å². The molecule has 0 unspecified atom stereocenters. The van der Waals surface area contributed by atoms with Crippen LogP contribution in [0, 0.1) is 12.3 Å². The lowest BCUT2D eigenvalue weighted by Gasteiger charge is -2.10. The minimum atomic E-state index is 0.800. The van der Waals surface area contributed by atoms with Crippen molar-refractivity contribution in [3.8, 4) is 29.2 Å². The van der Waals surface area contributed by atoms with E-state index in [2.05, 4.69) is 21.9 Å². The molecule has 0 aliphatic carbocycles. The number of terminal acetylenes is 1. The van der Waals surface area contributed by atoms with Gasteiger partial charge < -0.3 is 4.74 Å². The average Bonchev–Trinajstić information content (AvgIpc) is 2.39. The van der Waals surface area contributed by atoms with Crippen molar-refractivity contribution < 1.29 is 4.74 Å². The second kappa shape index (κ2) is 5.07. The van der Waals surface area contributed by atoms with Crippen LogP contribution in [0.4, 0.5) is 0 Å². The third kappa shape index (κ3) is 2.20. The Labute approximate surface area is 110 Å². The topological polar surface area (TPSA) is 9.23 Å². The fourth-order valence-electron chi connectivity index (χ4n) is 1.72. The molecule has 2 aromatic carbocycles. The van der Waals surface area contributed by atoms with Gasteiger partial charge in [-0.2, -0.15) is 0 Å². The molecule has 0 aliphatic heterocycles. The summed E-state index contributed by atoms with van der Waals surface area (Å²) in [6.07, 6.45) is 5.51. The normalized spacial score (nSPS) is 9.71. The molecular weight excluding hydrogens is 276 g/mol. The summed E-state index contributed by atoms with van der Waals surface area (Å²) in [5, 5.41) is 0. The lowest BCUT2D eigenvalue weighted by Crippen LogP contribution is -1.89. The molecule has 0 aliphatic rings. The van der Waals surface area contributed by atoms with Crippen molar-refractivity contribution in [1.82, 2.24) is 0 Å². The van der Waals surface area contributed by atoms with Gasteiger partial charge in [0.2, 0.25) is 0 Å². The summed E-state index contributed by atoms with van der Waals surface area (Å²) >= 11 is 3.55. The summed E-state index contributed by atoms with van der Waals surface area (Å²) in [7, 11) is 1.65. The molecule has 0 fully saturated rings. The first-order chi connectivity index (χ1) is 8.27. The number of benzene rings is 2. The van der Waals surface area contributed by atoms with Gasteiger partial charge in [0.25, 0.3) is 0 Å². The van der Waals surface area contributed by atoms with Crippen molar-refractivity contribution in [2.24, 2.45) is 0 Å². The third-order valence-electron chi connectivity index (χ3n) is 2.56. The molecule has 2 rings (SSSR count). The monoisotopic (exact) mass is 286 g/mol. The molecule has 0 radical (unpaired) electrons. The number of hydrogen-bond acceptors (Lipinski definition) is 1. The Bertz CT molecular complexity index is 582. The Morgan fingerprint density at radius 3 is 2.47 bits per heavy atom. The summed E-state index contributed by atoms with van der Waals surface area (Å²) in [5.41, 5.74) is 2.94. The molecule has 2 heteroatoms. The zero-order valence-electron chi connectivity index (χ0n) is 9.41. The van der Waals surface area contributed by atoms with Gasteiger partial charge in [0.15, 0.2) is 0 Å². The highest BCUT2D eigenvalue weighted by atomic mass is 79.9. The Balaban J connectivity index is 2.65. The van der Waals surface area contributed by atoms with Gasteiger partial charge >= 0.3 is 0 Å². The number of methoxy groups -OCH3 is 1. The summed E-state index contributed by atoms with van der Waals surface area (Å²) in [4.78, 5) is 0. The summed E-state index contributed by atoms with van der Waals surface area (Å²) in [6.45, 7) is 0. The summed E-state index contributed by atoms with van der Waals surface area (Å²) < 4.78 is 6.20. The molecule has 0 spiro atoms. The molecule has 0 aromatic heterocycles. The fraction of sp³-hybridized carbons (Fsp3) is 0.0667. The second-order valence-corrected chi connectivity index (χ2v) is 4.30. The molecule has 0 N–H and O–H groups in total. The Morgan fingerprint density at radius 1 is 1.06 bits per heavy atom. The van der Waals surface area contributed by atoms with Gasteiger partial charge in [-0.3, -0.25) is 0 Å². The maximum Gasteiger partial charge on any atom is 0.133 e. The summed E-state index contributed by atoms with van der Waals surface area (Å²) in [6, 6.07) is 13.7. The molecule has 84 valence electrons. The zero-order valence-corrected chi connectivity index (χ0v) is 11.0. The van der Waals surface area contributed by atoms with E-state index < -0.39 is 0 Å². The third-order valence-corrected chi connectivity index (χ3v) is 3.37. The van der Waals surface area contributed by atoms with E-state index in [0.717, 1.165) is 26.9 Å². The van der Waals surface area contributed by atoms with Crippen molar-refractivity contribution in [3.63, 3.8) is 0 Å². The molecule has 0 saturated carbocycles. The molecule has 0 heterocycles. The Kier molecular flexibility index (Phi) is 3.51. The minimum absolute atomic E-state index is 0.800. The molecule has 2 aromatic rings. The van der Waals surface area contributed by atoms with E-state index in [1.165, 1.54) is 0 Å². The van der Waals surface area contributed by atoms with Gasteiger partial charge in [-0.25, -0.2) is 0 Å². The van der Waals surface area contributed by atoms with Crippen molar-refractivity contribution in [2.75, 3.05) is 7.11 Å². The number of rotatable bonds is 2. The van der Waals surface area contributed by atoms with E-state index >= 15 is 0 Å². The van der Waals surface area contributed by atoms with Gasteiger partial charge in [-0.15, -0.1) is 6.42 Å². The first-order valence-corrected chi connectivity index (χ1v) is 5.95. The maximum atomic E-state index is 5.51. The van der Waals surface area contributed by atoms with E-state index in [0.29, 0.717) is 0 Å². The van der Waals surface area contributed by atoms with Crippen molar-refractivity contribution in [2.45, 2.75) is 0 Å². The van der Waals surface area contributed by atoms with E-state index in [1.54, 1.807) is 7.11 Å². The molecule has 1 nitrogen and oxygen atoms in total. The van der Waals surface area contributed by atoms with Crippen LogP contribution in [0.15, 0.2) is 46.9 Å². The van der Waals surface area contributed by atoms with Crippen molar-refractivity contribution >= 4 is 15.9 Å². The van der Waals surface area contributed by atoms with Crippen molar-refractivity contribution in [1.29, 1.82) is 0 Å². The summed E-state index contributed by atoms with van der Waals surface area (Å²) in [5.74, 6) is 3.50. The largest absolute Gasteiger partial charge is 0.496 e. The van der Waals surface area contributed by atoms with Gasteiger partial charge in [0.1, 0.15) is 5.75 Å². The van der Waals surface area contributed by atoms with Crippen molar-refractivity contribution in [3.05, 3.63) is 52.5 Å². The lowest BCUT2D eigenvalue weighted by atomic mass is 10.00. The average molecular weight is 287 g/mol. The second-order valence-electron chi connectivity index (χ2n) is 3.51. The van der Waals surface area contributed by atoms with Gasteiger partial charge in [-0.1, -0.05) is 36.3 Å². The first-order valence-electron chi connectivity index (χ1n) is 5.16. The van der Waals surface area contributed by atoms with Crippen LogP contribution in [0.2, 0.25) is 0 Å². The number of halogens is 1. The number of hydrogen-bond donors (Lipinski definition) is 0. The fourth-order valence-corrected chi connectivity index (χ4v) is 2.36. The van der Waals surface area contributed by atoms with Crippen LogP contribution in [-0.4, -0.2) is 7.11 Å². The van der Waals surface area contributed by atoms with Gasteiger partial charge in [0, 0.05) is 11.1 Å². The van der Waals surface area contributed by atoms with E-state index in [4.69, 9.17) is 11.2 Å². The predicted molar refractivity (Wildman–Crippen MR) is 74.1 cm³/mol. The molecule has 0 amide bonds. The maximum absolute atomic E-state index is 5.51. The van der Waals surface area contributed by atoms with Crippen LogP contribution in [-0.2, 0) is 0 Å². The molecule has 17 heavy (non-hydrogen) atoms. The minimum Gasteiger partial charge on any atom is -0.496 e. The highest BCUT2D eigenvalue weighted by Gasteiger charge is 2.10. The molecule has 0 bridgehead atoms. The first kappa shape index (κ1) is 11.8. The van der Waals surface area contributed by atoms with Crippen LogP contribution in [0.3, 0.4) is 0 Å². The predicted octanol–water partition coefficient (Wildman–Crippen LogP) is 4.11. The van der Waals surface area contributed by atoms with Crippen LogP contribution >= 0.6 is 15.9 Å². The van der Waals surface area contributed by atoms with Crippen LogP contribution in [0.25, 0.3) is 11.1 Å². The molecule has 0 saturated heterocycles. The van der Waals surface area contributed by atoms with E-state index in [9.17, 15) is 0 Å². The molecule has 0 atom stereocenters.